The summed E-state index contributed by atoms with van der Waals surface area (Å²) < 4.78 is 0. The molecule has 0 aromatic carbocycles. The lowest BCUT2D eigenvalue weighted by atomic mass is 9.84. The molecule has 20 heavy (non-hydrogen) atoms. The molecule has 0 aromatic rings. The Morgan fingerprint density at radius 3 is 2.50 bits per heavy atom. The minimum Gasteiger partial charge on any atom is -0.343 e. The van der Waals surface area contributed by atoms with Crippen LogP contribution in [0.4, 0.5) is 0 Å². The van der Waals surface area contributed by atoms with E-state index >= 15 is 0 Å². The molecule has 1 amide bonds. The van der Waals surface area contributed by atoms with E-state index in [4.69, 9.17) is 5.73 Å². The van der Waals surface area contributed by atoms with Gasteiger partial charge in [0, 0.05) is 44.7 Å². The van der Waals surface area contributed by atoms with Crippen molar-refractivity contribution in [2.75, 3.05) is 26.2 Å². The molecule has 2 saturated heterocycles. The molecule has 4 unspecified atom stereocenters. The fourth-order valence-electron chi connectivity index (χ4n) is 3.87. The van der Waals surface area contributed by atoms with E-state index in [1.807, 2.05) is 4.90 Å². The molecule has 4 nitrogen and oxygen atoms in total. The Hall–Kier alpha value is -0.610. The number of amides is 1. The fraction of sp³-hybridized carbons (Fsp3) is 0.938. The number of hydrogen-bond donors (Lipinski definition) is 1. The molecular weight excluding hydrogens is 250 g/mol. The lowest BCUT2D eigenvalue weighted by molar-refractivity contribution is -0.132. The first-order valence-electron chi connectivity index (χ1n) is 8.26. The lowest BCUT2D eigenvalue weighted by Gasteiger charge is -2.45. The number of nitrogens with two attached hydrogens (primary N) is 1. The topological polar surface area (TPSA) is 49.6 Å². The lowest BCUT2D eigenvalue weighted by Crippen LogP contribution is -2.54. The third kappa shape index (κ3) is 3.53. The molecule has 0 spiro atoms. The minimum absolute atomic E-state index is 0.211. The summed E-state index contributed by atoms with van der Waals surface area (Å²) in [5, 5.41) is 0. The fourth-order valence-corrected chi connectivity index (χ4v) is 3.87. The van der Waals surface area contributed by atoms with Crippen LogP contribution in [0.3, 0.4) is 0 Å². The quantitative estimate of drug-likeness (QED) is 0.853. The van der Waals surface area contributed by atoms with Gasteiger partial charge in [-0.15, -0.1) is 0 Å². The number of hydrogen-bond acceptors (Lipinski definition) is 3. The van der Waals surface area contributed by atoms with Crippen LogP contribution in [0.15, 0.2) is 0 Å². The summed E-state index contributed by atoms with van der Waals surface area (Å²) in [5.74, 6) is 1.70. The molecular formula is C16H31N3O. The van der Waals surface area contributed by atoms with E-state index in [0.29, 0.717) is 36.8 Å². The molecule has 2 aliphatic rings. The van der Waals surface area contributed by atoms with Crippen molar-refractivity contribution in [1.29, 1.82) is 0 Å². The molecule has 2 fully saturated rings. The van der Waals surface area contributed by atoms with E-state index in [9.17, 15) is 4.79 Å². The Bertz CT molecular complexity index is 328. The van der Waals surface area contributed by atoms with Gasteiger partial charge in [-0.25, -0.2) is 0 Å². The molecule has 116 valence electrons. The van der Waals surface area contributed by atoms with Crippen molar-refractivity contribution < 1.29 is 4.79 Å². The van der Waals surface area contributed by atoms with Crippen molar-refractivity contribution in [2.24, 2.45) is 17.6 Å². The average Bonchev–Trinajstić information content (AvgIpc) is 2.94. The maximum Gasteiger partial charge on any atom is 0.224 e. The number of likely N-dealkylation sites (tertiary alicyclic amines) is 2. The van der Waals surface area contributed by atoms with Gasteiger partial charge in [-0.05, 0) is 38.0 Å². The summed E-state index contributed by atoms with van der Waals surface area (Å²) in [6.07, 6.45) is 4.20. The Labute approximate surface area is 123 Å². The van der Waals surface area contributed by atoms with Crippen molar-refractivity contribution in [2.45, 2.75) is 58.5 Å². The van der Waals surface area contributed by atoms with E-state index in [1.165, 1.54) is 6.42 Å². The van der Waals surface area contributed by atoms with Crippen LogP contribution >= 0.6 is 0 Å². The molecule has 2 rings (SSSR count). The van der Waals surface area contributed by atoms with E-state index in [-0.39, 0.29) is 6.04 Å². The van der Waals surface area contributed by atoms with Crippen molar-refractivity contribution in [3.05, 3.63) is 0 Å². The van der Waals surface area contributed by atoms with Crippen LogP contribution in [0, 0.1) is 11.8 Å². The number of carbonyl (C=O) groups is 1. The van der Waals surface area contributed by atoms with Gasteiger partial charge in [0.25, 0.3) is 0 Å². The molecule has 0 aromatic heterocycles. The molecule has 0 saturated carbocycles. The molecule has 0 bridgehead atoms. The van der Waals surface area contributed by atoms with Gasteiger partial charge in [0.15, 0.2) is 0 Å². The van der Waals surface area contributed by atoms with Crippen LogP contribution in [-0.2, 0) is 4.79 Å². The molecule has 4 heteroatoms. The van der Waals surface area contributed by atoms with Gasteiger partial charge in [-0.1, -0.05) is 13.8 Å². The van der Waals surface area contributed by atoms with Gasteiger partial charge in [-0.2, -0.15) is 0 Å². The summed E-state index contributed by atoms with van der Waals surface area (Å²) >= 11 is 0. The maximum atomic E-state index is 12.4. The van der Waals surface area contributed by atoms with Crippen LogP contribution in [-0.4, -0.2) is 54.0 Å². The largest absolute Gasteiger partial charge is 0.343 e. The van der Waals surface area contributed by atoms with Gasteiger partial charge in [-0.3, -0.25) is 9.69 Å². The molecule has 4 atom stereocenters. The normalized spacial score (nSPS) is 33.4. The molecule has 2 aliphatic heterocycles. The van der Waals surface area contributed by atoms with Crippen LogP contribution in [0.2, 0.25) is 0 Å². The SMILES string of the molecule is CC1CC(C)C(C)N(C(CN)CC(=O)N2CCCC2)C1. The van der Waals surface area contributed by atoms with E-state index in [2.05, 4.69) is 25.7 Å². The second-order valence-corrected chi connectivity index (χ2v) is 6.94. The highest BCUT2D eigenvalue weighted by Gasteiger charge is 2.34. The molecule has 2 heterocycles. The first kappa shape index (κ1) is 15.8. The van der Waals surface area contributed by atoms with Crippen LogP contribution in [0.5, 0.6) is 0 Å². The van der Waals surface area contributed by atoms with Gasteiger partial charge in [0.2, 0.25) is 5.91 Å². The average molecular weight is 281 g/mol. The van der Waals surface area contributed by atoms with E-state index in [0.717, 1.165) is 32.5 Å². The first-order chi connectivity index (χ1) is 9.52. The number of carbonyl (C=O) groups excluding carboxylic acids is 1. The smallest absolute Gasteiger partial charge is 0.224 e. The van der Waals surface area contributed by atoms with Gasteiger partial charge < -0.3 is 10.6 Å². The van der Waals surface area contributed by atoms with E-state index < -0.39 is 0 Å². The van der Waals surface area contributed by atoms with Crippen molar-refractivity contribution in [1.82, 2.24) is 9.80 Å². The molecule has 0 radical (unpaired) electrons. The Balaban J connectivity index is 1.97. The van der Waals surface area contributed by atoms with Crippen molar-refractivity contribution >= 4 is 5.91 Å². The van der Waals surface area contributed by atoms with Crippen molar-refractivity contribution in [3.8, 4) is 0 Å². The standard InChI is InChI=1S/C16H31N3O/c1-12-8-13(2)14(3)19(11-12)15(10-17)9-16(20)18-6-4-5-7-18/h12-15H,4-11,17H2,1-3H3. The highest BCUT2D eigenvalue weighted by atomic mass is 16.2. The summed E-state index contributed by atoms with van der Waals surface area (Å²) in [4.78, 5) is 16.9. The van der Waals surface area contributed by atoms with Crippen LogP contribution in [0.25, 0.3) is 0 Å². The van der Waals surface area contributed by atoms with Crippen LogP contribution in [0.1, 0.15) is 46.5 Å². The Morgan fingerprint density at radius 2 is 1.90 bits per heavy atom. The zero-order chi connectivity index (χ0) is 14.7. The third-order valence-corrected chi connectivity index (χ3v) is 5.25. The molecule has 0 aliphatic carbocycles. The Morgan fingerprint density at radius 1 is 1.25 bits per heavy atom. The number of piperidine rings is 1. The second-order valence-electron chi connectivity index (χ2n) is 6.94. The predicted octanol–water partition coefficient (Wildman–Crippen LogP) is 1.69. The summed E-state index contributed by atoms with van der Waals surface area (Å²) in [6, 6.07) is 0.745. The highest BCUT2D eigenvalue weighted by Crippen LogP contribution is 2.29. The summed E-state index contributed by atoms with van der Waals surface area (Å²) in [7, 11) is 0. The molecule has 2 N–H and O–H groups in total. The summed E-state index contributed by atoms with van der Waals surface area (Å²) in [6.45, 7) is 10.5. The zero-order valence-corrected chi connectivity index (χ0v) is 13.3. The van der Waals surface area contributed by atoms with E-state index in [1.54, 1.807) is 0 Å². The van der Waals surface area contributed by atoms with Gasteiger partial charge >= 0.3 is 0 Å². The monoisotopic (exact) mass is 281 g/mol. The van der Waals surface area contributed by atoms with Gasteiger partial charge in [0.05, 0.1) is 0 Å². The van der Waals surface area contributed by atoms with Crippen molar-refractivity contribution in [3.63, 3.8) is 0 Å². The number of nitrogens with zero attached hydrogens (tertiary/aromatic N) is 2. The zero-order valence-electron chi connectivity index (χ0n) is 13.3. The maximum absolute atomic E-state index is 12.4. The highest BCUT2D eigenvalue weighted by molar-refractivity contribution is 5.77. The number of rotatable bonds is 4. The first-order valence-corrected chi connectivity index (χ1v) is 8.26. The van der Waals surface area contributed by atoms with Gasteiger partial charge in [0.1, 0.15) is 0 Å². The predicted molar refractivity (Wildman–Crippen MR) is 82.4 cm³/mol. The third-order valence-electron chi connectivity index (χ3n) is 5.25. The Kier molecular flexibility index (Phi) is 5.44. The summed E-state index contributed by atoms with van der Waals surface area (Å²) in [5.41, 5.74) is 5.99. The second kappa shape index (κ2) is 6.90. The van der Waals surface area contributed by atoms with Crippen LogP contribution < -0.4 is 5.73 Å². The minimum atomic E-state index is 0.211.